The van der Waals surface area contributed by atoms with E-state index in [1.54, 1.807) is 23.7 Å². The molecule has 0 aliphatic rings. The van der Waals surface area contributed by atoms with Crippen LogP contribution >= 0.6 is 27.3 Å². The fourth-order valence-corrected chi connectivity index (χ4v) is 3.81. The summed E-state index contributed by atoms with van der Waals surface area (Å²) in [5.74, 6) is 0. The molecule has 0 aromatic carbocycles. The third-order valence-corrected chi connectivity index (χ3v) is 5.21. The predicted molar refractivity (Wildman–Crippen MR) is 102 cm³/mol. The van der Waals surface area contributed by atoms with E-state index in [9.17, 15) is 0 Å². The van der Waals surface area contributed by atoms with E-state index in [1.165, 1.54) is 4.88 Å². The zero-order valence-electron chi connectivity index (χ0n) is 12.6. The lowest BCUT2D eigenvalue weighted by Crippen LogP contribution is -1.93. The van der Waals surface area contributed by atoms with Crippen LogP contribution < -0.4 is 0 Å². The number of hydrogen-bond acceptors (Lipinski definition) is 4. The lowest BCUT2D eigenvalue weighted by atomic mass is 10.1. The molecule has 0 bridgehead atoms. The molecule has 0 saturated carbocycles. The molecule has 0 aliphatic carbocycles. The van der Waals surface area contributed by atoms with Gasteiger partial charge in [0.1, 0.15) is 0 Å². The average Bonchev–Trinajstić information content (AvgIpc) is 3.09. The largest absolute Gasteiger partial charge is 0.255 e. The minimum Gasteiger partial charge on any atom is -0.255 e. The first-order chi connectivity index (χ1) is 11.8. The summed E-state index contributed by atoms with van der Waals surface area (Å²) in [5.41, 5.74) is 4.51. The van der Waals surface area contributed by atoms with Crippen molar-refractivity contribution in [2.75, 3.05) is 0 Å². The van der Waals surface area contributed by atoms with Gasteiger partial charge in [-0.25, -0.2) is 4.98 Å². The van der Waals surface area contributed by atoms with Crippen LogP contribution in [0.25, 0.3) is 33.2 Å². The normalized spacial score (nSPS) is 10.7. The number of halogens is 1. The molecule has 4 heterocycles. The molecule has 0 N–H and O–H groups in total. The van der Waals surface area contributed by atoms with E-state index in [1.807, 2.05) is 36.4 Å². The Hall–Kier alpha value is -2.37. The van der Waals surface area contributed by atoms with Crippen LogP contribution in [0.15, 0.2) is 76.8 Å². The number of thiophene rings is 1. The summed E-state index contributed by atoms with van der Waals surface area (Å²) in [7, 11) is 0. The molecule has 116 valence electrons. The Labute approximate surface area is 152 Å². The molecule has 0 radical (unpaired) electrons. The van der Waals surface area contributed by atoms with E-state index in [4.69, 9.17) is 4.98 Å². The highest BCUT2D eigenvalue weighted by molar-refractivity contribution is 9.11. The standard InChI is InChI=1S/C19H12BrN3S/c20-19-8-7-18(24-19)13-11-16(14-5-1-3-9-21-14)23-17(12-13)15-6-2-4-10-22-15/h1-12H. The molecule has 0 saturated heterocycles. The van der Waals surface area contributed by atoms with E-state index in [0.29, 0.717) is 0 Å². The highest BCUT2D eigenvalue weighted by Crippen LogP contribution is 2.34. The number of rotatable bonds is 3. The summed E-state index contributed by atoms with van der Waals surface area (Å²) in [6.45, 7) is 0. The van der Waals surface area contributed by atoms with Crippen LogP contribution in [0.4, 0.5) is 0 Å². The summed E-state index contributed by atoms with van der Waals surface area (Å²) in [6, 6.07) is 20.0. The smallest absolute Gasteiger partial charge is 0.0900 e. The number of nitrogens with zero attached hydrogens (tertiary/aromatic N) is 3. The van der Waals surface area contributed by atoms with E-state index in [0.717, 1.165) is 32.1 Å². The Kier molecular flexibility index (Phi) is 4.19. The van der Waals surface area contributed by atoms with Crippen molar-refractivity contribution in [2.24, 2.45) is 0 Å². The van der Waals surface area contributed by atoms with Crippen molar-refractivity contribution in [3.05, 3.63) is 76.8 Å². The fraction of sp³-hybridized carbons (Fsp3) is 0. The number of aromatic nitrogens is 3. The molecule has 4 aromatic rings. The lowest BCUT2D eigenvalue weighted by Gasteiger charge is -2.08. The van der Waals surface area contributed by atoms with Crippen LogP contribution in [0.5, 0.6) is 0 Å². The van der Waals surface area contributed by atoms with Gasteiger partial charge in [0.25, 0.3) is 0 Å². The van der Waals surface area contributed by atoms with Crippen LogP contribution in [0.2, 0.25) is 0 Å². The van der Waals surface area contributed by atoms with Gasteiger partial charge in [0.05, 0.1) is 26.6 Å². The highest BCUT2D eigenvalue weighted by Gasteiger charge is 2.11. The molecule has 4 aromatic heterocycles. The second-order valence-electron chi connectivity index (χ2n) is 5.16. The third kappa shape index (κ3) is 3.13. The van der Waals surface area contributed by atoms with E-state index in [-0.39, 0.29) is 0 Å². The van der Waals surface area contributed by atoms with Crippen molar-refractivity contribution < 1.29 is 0 Å². The van der Waals surface area contributed by atoms with E-state index in [2.05, 4.69) is 50.2 Å². The predicted octanol–water partition coefficient (Wildman–Crippen LogP) is 5.70. The van der Waals surface area contributed by atoms with Gasteiger partial charge in [0, 0.05) is 17.3 Å². The van der Waals surface area contributed by atoms with Crippen molar-refractivity contribution >= 4 is 27.3 Å². The summed E-state index contributed by atoms with van der Waals surface area (Å²) in [5, 5.41) is 0. The molecular formula is C19H12BrN3S. The van der Waals surface area contributed by atoms with E-state index >= 15 is 0 Å². The van der Waals surface area contributed by atoms with Crippen molar-refractivity contribution in [3.8, 4) is 33.2 Å². The zero-order valence-corrected chi connectivity index (χ0v) is 15.0. The molecule has 5 heteroatoms. The number of hydrogen-bond donors (Lipinski definition) is 0. The second-order valence-corrected chi connectivity index (χ2v) is 7.62. The molecule has 0 spiro atoms. The van der Waals surface area contributed by atoms with Gasteiger partial charge in [0.2, 0.25) is 0 Å². The van der Waals surface area contributed by atoms with Crippen LogP contribution in [-0.4, -0.2) is 15.0 Å². The molecular weight excluding hydrogens is 382 g/mol. The van der Waals surface area contributed by atoms with Gasteiger partial charge in [-0.05, 0) is 70.0 Å². The first kappa shape index (κ1) is 15.2. The fourth-order valence-electron chi connectivity index (χ4n) is 2.43. The zero-order chi connectivity index (χ0) is 16.4. The molecule has 24 heavy (non-hydrogen) atoms. The van der Waals surface area contributed by atoms with Gasteiger partial charge in [-0.15, -0.1) is 11.3 Å². The molecule has 0 aliphatic heterocycles. The molecule has 0 unspecified atom stereocenters. The summed E-state index contributed by atoms with van der Waals surface area (Å²) in [4.78, 5) is 14.8. The van der Waals surface area contributed by atoms with Gasteiger partial charge >= 0.3 is 0 Å². The van der Waals surface area contributed by atoms with Gasteiger partial charge in [0.15, 0.2) is 0 Å². The van der Waals surface area contributed by atoms with Crippen molar-refractivity contribution in [1.29, 1.82) is 0 Å². The first-order valence-electron chi connectivity index (χ1n) is 7.40. The third-order valence-electron chi connectivity index (χ3n) is 3.54. The number of pyridine rings is 3. The minimum atomic E-state index is 0.846. The molecule has 0 atom stereocenters. The first-order valence-corrected chi connectivity index (χ1v) is 9.01. The van der Waals surface area contributed by atoms with Crippen LogP contribution in [0.1, 0.15) is 0 Å². The van der Waals surface area contributed by atoms with Crippen molar-refractivity contribution in [1.82, 2.24) is 15.0 Å². The Bertz CT molecular complexity index is 911. The van der Waals surface area contributed by atoms with Gasteiger partial charge in [-0.1, -0.05) is 12.1 Å². The maximum absolute atomic E-state index is 4.77. The second kappa shape index (κ2) is 6.63. The SMILES string of the molecule is Brc1ccc(-c2cc(-c3ccccn3)nc(-c3ccccn3)c2)s1. The van der Waals surface area contributed by atoms with E-state index < -0.39 is 0 Å². The quantitative estimate of drug-likeness (QED) is 0.448. The van der Waals surface area contributed by atoms with Crippen LogP contribution in [0, 0.1) is 0 Å². The van der Waals surface area contributed by atoms with Crippen molar-refractivity contribution in [3.63, 3.8) is 0 Å². The highest BCUT2D eigenvalue weighted by atomic mass is 79.9. The Morgan fingerprint density at radius 3 is 1.79 bits per heavy atom. The molecule has 0 amide bonds. The molecule has 0 fully saturated rings. The van der Waals surface area contributed by atoms with Gasteiger partial charge in [-0.2, -0.15) is 0 Å². The van der Waals surface area contributed by atoms with Crippen LogP contribution in [-0.2, 0) is 0 Å². The Morgan fingerprint density at radius 1 is 0.708 bits per heavy atom. The Morgan fingerprint density at radius 2 is 1.33 bits per heavy atom. The van der Waals surface area contributed by atoms with Gasteiger partial charge in [-0.3, -0.25) is 9.97 Å². The van der Waals surface area contributed by atoms with Gasteiger partial charge < -0.3 is 0 Å². The van der Waals surface area contributed by atoms with Crippen LogP contribution in [0.3, 0.4) is 0 Å². The monoisotopic (exact) mass is 393 g/mol. The summed E-state index contributed by atoms with van der Waals surface area (Å²) in [6.07, 6.45) is 3.57. The Balaban J connectivity index is 1.91. The topological polar surface area (TPSA) is 38.7 Å². The minimum absolute atomic E-state index is 0.846. The summed E-state index contributed by atoms with van der Waals surface area (Å²) >= 11 is 5.23. The van der Waals surface area contributed by atoms with Crippen molar-refractivity contribution in [2.45, 2.75) is 0 Å². The lowest BCUT2D eigenvalue weighted by molar-refractivity contribution is 1.22. The molecule has 3 nitrogen and oxygen atoms in total. The summed E-state index contributed by atoms with van der Waals surface area (Å²) < 4.78 is 1.10. The maximum Gasteiger partial charge on any atom is 0.0900 e. The average molecular weight is 394 g/mol. The molecule has 4 rings (SSSR count). The maximum atomic E-state index is 4.77.